The van der Waals surface area contributed by atoms with Gasteiger partial charge in [-0.1, -0.05) is 0 Å². The topological polar surface area (TPSA) is 0 Å². The molecule has 0 saturated heterocycles. The Labute approximate surface area is 209 Å². The van der Waals surface area contributed by atoms with Crippen molar-refractivity contribution >= 4 is 42.5 Å². The quantitative estimate of drug-likeness (QED) is 0.294. The van der Waals surface area contributed by atoms with Crippen LogP contribution < -0.4 is 0 Å². The normalized spacial score (nSPS) is 19.6. The van der Waals surface area contributed by atoms with Gasteiger partial charge in [0, 0.05) is 0 Å². The molecule has 0 bridgehead atoms. The zero-order valence-corrected chi connectivity index (χ0v) is 24.3. The van der Waals surface area contributed by atoms with Gasteiger partial charge in [-0.25, -0.2) is 0 Å². The molecule has 2 aliphatic rings. The minimum absolute atomic E-state index is 0. The second-order valence-corrected chi connectivity index (χ2v) is 30.1. The molecule has 3 aromatic rings. The zero-order valence-electron chi connectivity index (χ0n) is 18.8. The maximum Gasteiger partial charge on any atom is -0.147 e. The summed E-state index contributed by atoms with van der Waals surface area (Å²) in [5.74, 6) is 0. The number of halogens is 2. The van der Waals surface area contributed by atoms with Gasteiger partial charge in [-0.15, -0.1) is 24.8 Å². The van der Waals surface area contributed by atoms with Crippen molar-refractivity contribution in [1.82, 2.24) is 0 Å². The summed E-state index contributed by atoms with van der Waals surface area (Å²) in [6, 6.07) is 26.7. The molecule has 0 amide bonds. The first-order valence-electron chi connectivity index (χ1n) is 10.7. The zero-order chi connectivity index (χ0) is 20.9. The molecule has 0 saturated carbocycles. The van der Waals surface area contributed by atoms with Crippen LogP contribution in [0.25, 0.3) is 10.8 Å². The summed E-state index contributed by atoms with van der Waals surface area (Å²) >= 11 is -2.26. The number of allylic oxidation sites excluding steroid dienone is 8. The third kappa shape index (κ3) is 4.01. The molecule has 0 N–H and O–H groups in total. The van der Waals surface area contributed by atoms with Crippen LogP contribution in [0.15, 0.2) is 117 Å². The van der Waals surface area contributed by atoms with Gasteiger partial charge in [0.05, 0.1) is 0 Å². The van der Waals surface area contributed by atoms with Crippen molar-refractivity contribution < 1.29 is 18.9 Å². The van der Waals surface area contributed by atoms with Gasteiger partial charge in [0.25, 0.3) is 0 Å². The SMILES string of the molecule is CC1=[C]([Zr]([CH3])([CH3])=[SiH2])C2=CC=CC(c3ccccc3)(c3ccc4ccccc4c3)C2=C1.Cl.Cl. The van der Waals surface area contributed by atoms with Crippen LogP contribution in [0, 0.1) is 0 Å². The Hall–Kier alpha value is -1.44. The van der Waals surface area contributed by atoms with Gasteiger partial charge < -0.3 is 0 Å². The van der Waals surface area contributed by atoms with E-state index in [0.29, 0.717) is 0 Å². The van der Waals surface area contributed by atoms with Crippen LogP contribution in [-0.2, 0) is 24.3 Å². The molecule has 2 aliphatic carbocycles. The van der Waals surface area contributed by atoms with E-state index in [1.165, 1.54) is 38.6 Å². The molecule has 0 spiro atoms. The van der Waals surface area contributed by atoms with Crippen LogP contribution in [0.2, 0.25) is 9.26 Å². The summed E-state index contributed by atoms with van der Waals surface area (Å²) in [7, 11) is 0. The van der Waals surface area contributed by atoms with Crippen LogP contribution in [0.4, 0.5) is 0 Å². The molecule has 0 heterocycles. The van der Waals surface area contributed by atoms with Gasteiger partial charge in [0.15, 0.2) is 0 Å². The first-order valence-corrected chi connectivity index (χ1v) is 22.7. The third-order valence-corrected chi connectivity index (χ3v) is 13.5. The molecule has 0 aromatic heterocycles. The molecule has 4 heteroatoms. The number of benzene rings is 3. The second kappa shape index (κ2) is 9.43. The molecule has 3 aromatic carbocycles. The number of rotatable bonds is 3. The van der Waals surface area contributed by atoms with E-state index in [9.17, 15) is 0 Å². The fourth-order valence-corrected chi connectivity index (χ4v) is 13.2. The predicted molar refractivity (Wildman–Crippen MR) is 144 cm³/mol. The summed E-state index contributed by atoms with van der Waals surface area (Å²) in [4.78, 5) is 0. The first kappa shape index (κ1) is 25.2. The average molecular weight is 556 g/mol. The van der Waals surface area contributed by atoms with Crippen LogP contribution in [0.1, 0.15) is 18.1 Å². The predicted octanol–water partition coefficient (Wildman–Crippen LogP) is 7.48. The fourth-order valence-electron chi connectivity index (χ4n) is 5.30. The number of hydrogen-bond donors (Lipinski definition) is 0. The van der Waals surface area contributed by atoms with Gasteiger partial charge in [0.2, 0.25) is 0 Å². The Balaban J connectivity index is 0.00000144. The van der Waals surface area contributed by atoms with E-state index in [1.54, 1.807) is 3.28 Å². The third-order valence-electron chi connectivity index (χ3n) is 6.46. The minimum atomic E-state index is -2.26. The van der Waals surface area contributed by atoms with Gasteiger partial charge in [0.1, 0.15) is 0 Å². The maximum atomic E-state index is 2.54. The Kier molecular flexibility index (Phi) is 7.42. The van der Waals surface area contributed by atoms with Crippen LogP contribution in [-0.4, -0.2) is 6.88 Å². The summed E-state index contributed by atoms with van der Waals surface area (Å²) < 4.78 is 6.77. The monoisotopic (exact) mass is 553 g/mol. The molecule has 0 nitrogen and oxygen atoms in total. The molecule has 32 heavy (non-hydrogen) atoms. The van der Waals surface area contributed by atoms with Crippen LogP contribution in [0.5, 0.6) is 0 Å². The van der Waals surface area contributed by atoms with Crippen molar-refractivity contribution in [2.75, 3.05) is 0 Å². The van der Waals surface area contributed by atoms with Crippen LogP contribution >= 0.6 is 24.8 Å². The summed E-state index contributed by atoms with van der Waals surface area (Å²) in [6.07, 6.45) is 9.57. The number of hydrogen-bond acceptors (Lipinski definition) is 0. The molecule has 1 atom stereocenters. The van der Waals surface area contributed by atoms with E-state index < -0.39 is 18.9 Å². The van der Waals surface area contributed by atoms with Crippen molar-refractivity contribution in [2.45, 2.75) is 21.6 Å². The summed E-state index contributed by atoms with van der Waals surface area (Å²) in [6.45, 7) is 4.62. The molecule has 163 valence electrons. The molecular formula is C28H29Cl2SiZr. The standard InChI is InChI=1S/C26H19.2CH3.2ClH.H2Si.Zr/c1-19-16-22-10-7-15-26(25(22)17-19,23-11-3-2-4-12-23)24-14-13-20-8-5-6-9-21(20)18-24;;;;;;/h2-15,17-18H,1H3;2*1H3;2*1H;1H2;. The smallest absolute Gasteiger partial charge is 0.147 e. The van der Waals surface area contributed by atoms with E-state index in [4.69, 9.17) is 0 Å². The molecular weight excluding hydrogens is 527 g/mol. The largest absolute Gasteiger partial charge is 0.147 e. The van der Waals surface area contributed by atoms with Gasteiger partial charge >= 0.3 is 186 Å². The van der Waals surface area contributed by atoms with Crippen molar-refractivity contribution in [3.8, 4) is 0 Å². The Morgan fingerprint density at radius 1 is 0.781 bits per heavy atom. The molecule has 0 aliphatic heterocycles. The molecule has 1 unspecified atom stereocenters. The van der Waals surface area contributed by atoms with Gasteiger partial charge in [-0.2, -0.15) is 0 Å². The first-order chi connectivity index (χ1) is 14.4. The van der Waals surface area contributed by atoms with E-state index >= 15 is 0 Å². The van der Waals surface area contributed by atoms with Gasteiger partial charge in [-0.3, -0.25) is 0 Å². The molecule has 5 rings (SSSR count). The summed E-state index contributed by atoms with van der Waals surface area (Å²) in [5, 5.41) is 2.59. The molecule has 0 fully saturated rings. The molecule has 0 radical (unpaired) electrons. The van der Waals surface area contributed by atoms with E-state index in [0.717, 1.165) is 0 Å². The maximum absolute atomic E-state index is 2.54. The Morgan fingerprint density at radius 2 is 1.44 bits per heavy atom. The van der Waals surface area contributed by atoms with Crippen molar-refractivity contribution in [3.63, 3.8) is 0 Å². The van der Waals surface area contributed by atoms with Gasteiger partial charge in [-0.05, 0) is 0 Å². The summed E-state index contributed by atoms with van der Waals surface area (Å²) in [5.41, 5.74) is 6.86. The fraction of sp³-hybridized carbons (Fsp3) is 0.143. The number of fused-ring (bicyclic) bond motifs is 2. The average Bonchev–Trinajstić information content (AvgIpc) is 3.10. The Bertz CT molecular complexity index is 1340. The van der Waals surface area contributed by atoms with Crippen molar-refractivity contribution in [2.24, 2.45) is 0 Å². The van der Waals surface area contributed by atoms with E-state index in [-0.39, 0.29) is 30.2 Å². The minimum Gasteiger partial charge on any atom is -0.147 e. The van der Waals surface area contributed by atoms with E-state index in [1.807, 2.05) is 0 Å². The van der Waals surface area contributed by atoms with Crippen LogP contribution in [0.3, 0.4) is 0 Å². The second-order valence-electron chi connectivity index (χ2n) is 9.18. The Morgan fingerprint density at radius 3 is 2.12 bits per heavy atom. The van der Waals surface area contributed by atoms with E-state index in [2.05, 4.69) is 120 Å². The van der Waals surface area contributed by atoms with Crippen molar-refractivity contribution in [1.29, 1.82) is 0 Å². The van der Waals surface area contributed by atoms with Crippen molar-refractivity contribution in [3.05, 3.63) is 128 Å².